The van der Waals surface area contributed by atoms with Crippen LogP contribution in [0.3, 0.4) is 0 Å². The highest BCUT2D eigenvalue weighted by Crippen LogP contribution is 2.29. The molecule has 0 aromatic carbocycles. The lowest BCUT2D eigenvalue weighted by atomic mass is 10.0. The van der Waals surface area contributed by atoms with E-state index >= 15 is 0 Å². The van der Waals surface area contributed by atoms with E-state index in [1.54, 1.807) is 4.31 Å². The summed E-state index contributed by atoms with van der Waals surface area (Å²) in [5.74, 6) is 0.660. The summed E-state index contributed by atoms with van der Waals surface area (Å²) in [5.41, 5.74) is 0. The third-order valence-corrected chi connectivity index (χ3v) is 7.44. The zero-order chi connectivity index (χ0) is 12.3. The van der Waals surface area contributed by atoms with Crippen LogP contribution in [0.5, 0.6) is 0 Å². The maximum atomic E-state index is 12.4. The first-order valence-electron chi connectivity index (χ1n) is 6.69. The minimum atomic E-state index is -3.00. The van der Waals surface area contributed by atoms with Crippen LogP contribution in [0, 0.1) is 5.92 Å². The highest BCUT2D eigenvalue weighted by Gasteiger charge is 2.34. The Kier molecular flexibility index (Phi) is 4.89. The zero-order valence-corrected chi connectivity index (χ0v) is 12.7. The van der Waals surface area contributed by atoms with Crippen LogP contribution in [0.1, 0.15) is 44.9 Å². The van der Waals surface area contributed by atoms with Crippen molar-refractivity contribution < 1.29 is 8.42 Å². The van der Waals surface area contributed by atoms with Crippen LogP contribution in [0.4, 0.5) is 0 Å². The summed E-state index contributed by atoms with van der Waals surface area (Å²) in [6.07, 6.45) is 7.15. The molecule has 0 spiro atoms. The molecule has 1 saturated carbocycles. The Labute approximate surface area is 113 Å². The second-order valence-corrected chi connectivity index (χ2v) is 8.16. The number of alkyl halides is 1. The average molecular weight is 324 g/mol. The lowest BCUT2D eigenvalue weighted by Crippen LogP contribution is -2.44. The van der Waals surface area contributed by atoms with Gasteiger partial charge in [0.15, 0.2) is 0 Å². The van der Waals surface area contributed by atoms with Gasteiger partial charge in [-0.25, -0.2) is 12.7 Å². The molecule has 2 aliphatic rings. The van der Waals surface area contributed by atoms with Crippen molar-refractivity contribution >= 4 is 26.0 Å². The molecule has 0 atom stereocenters. The van der Waals surface area contributed by atoms with Crippen molar-refractivity contribution in [3.05, 3.63) is 0 Å². The summed E-state index contributed by atoms with van der Waals surface area (Å²) in [4.78, 5) is 0. The van der Waals surface area contributed by atoms with Gasteiger partial charge in [0, 0.05) is 18.4 Å². The van der Waals surface area contributed by atoms with Crippen LogP contribution < -0.4 is 0 Å². The van der Waals surface area contributed by atoms with E-state index < -0.39 is 10.0 Å². The maximum Gasteiger partial charge on any atom is 0.216 e. The Morgan fingerprint density at radius 3 is 2.12 bits per heavy atom. The fourth-order valence-corrected chi connectivity index (χ4v) is 5.61. The van der Waals surface area contributed by atoms with Gasteiger partial charge in [0.2, 0.25) is 10.0 Å². The van der Waals surface area contributed by atoms with E-state index in [0.29, 0.717) is 5.92 Å². The van der Waals surface area contributed by atoms with Gasteiger partial charge in [-0.1, -0.05) is 35.2 Å². The van der Waals surface area contributed by atoms with Gasteiger partial charge >= 0.3 is 0 Å². The first-order valence-corrected chi connectivity index (χ1v) is 9.32. The molecule has 0 radical (unpaired) electrons. The van der Waals surface area contributed by atoms with E-state index in [-0.39, 0.29) is 5.25 Å². The van der Waals surface area contributed by atoms with Gasteiger partial charge in [0.05, 0.1) is 5.25 Å². The summed E-state index contributed by atoms with van der Waals surface area (Å²) in [5, 5.41) is 0.918. The van der Waals surface area contributed by atoms with Gasteiger partial charge in [-0.15, -0.1) is 0 Å². The van der Waals surface area contributed by atoms with E-state index in [0.717, 1.165) is 56.9 Å². The van der Waals surface area contributed by atoms with Crippen LogP contribution in [0.2, 0.25) is 0 Å². The standard InChI is InChI=1S/C12H22BrNO2S/c13-10-11-6-8-14(9-7-11)17(15,16)12-4-2-1-3-5-12/h11-12H,1-10H2. The Balaban J connectivity index is 1.96. The summed E-state index contributed by atoms with van der Waals surface area (Å²) in [6, 6.07) is 0. The molecule has 17 heavy (non-hydrogen) atoms. The topological polar surface area (TPSA) is 37.4 Å². The lowest BCUT2D eigenvalue weighted by Gasteiger charge is -2.34. The molecule has 0 N–H and O–H groups in total. The number of sulfonamides is 1. The number of piperidine rings is 1. The van der Waals surface area contributed by atoms with E-state index in [1.807, 2.05) is 0 Å². The molecule has 1 heterocycles. The van der Waals surface area contributed by atoms with E-state index in [1.165, 1.54) is 6.42 Å². The fraction of sp³-hybridized carbons (Fsp3) is 1.00. The Hall–Kier alpha value is 0.390. The van der Waals surface area contributed by atoms with E-state index in [9.17, 15) is 8.42 Å². The fourth-order valence-electron chi connectivity index (χ4n) is 2.89. The average Bonchev–Trinajstić information content (AvgIpc) is 2.40. The maximum absolute atomic E-state index is 12.4. The number of hydrogen-bond donors (Lipinski definition) is 0. The second-order valence-electron chi connectivity index (χ2n) is 5.30. The van der Waals surface area contributed by atoms with Gasteiger partial charge in [-0.3, -0.25) is 0 Å². The van der Waals surface area contributed by atoms with Gasteiger partial charge in [0.25, 0.3) is 0 Å². The van der Waals surface area contributed by atoms with E-state index in [2.05, 4.69) is 15.9 Å². The highest BCUT2D eigenvalue weighted by molar-refractivity contribution is 9.09. The minimum absolute atomic E-state index is 0.0863. The molecule has 2 fully saturated rings. The molecule has 0 aromatic rings. The van der Waals surface area contributed by atoms with Gasteiger partial charge in [-0.2, -0.15) is 0 Å². The molecule has 0 unspecified atom stereocenters. The summed E-state index contributed by atoms with van der Waals surface area (Å²) < 4.78 is 26.7. The second kappa shape index (κ2) is 6.02. The van der Waals surface area contributed by atoms with Gasteiger partial charge < -0.3 is 0 Å². The number of halogens is 1. The third kappa shape index (κ3) is 3.24. The molecule has 0 bridgehead atoms. The SMILES string of the molecule is O=S(=O)(C1CCCCC1)N1CCC(CBr)CC1. The molecule has 1 aliphatic carbocycles. The summed E-state index contributed by atoms with van der Waals surface area (Å²) in [6.45, 7) is 1.46. The molecule has 5 heteroatoms. The first kappa shape index (κ1) is 13.8. The van der Waals surface area contributed by atoms with Crippen LogP contribution in [0.15, 0.2) is 0 Å². The predicted molar refractivity (Wildman–Crippen MR) is 73.9 cm³/mol. The van der Waals surface area contributed by atoms with Crippen LogP contribution in [0.25, 0.3) is 0 Å². The molecular weight excluding hydrogens is 302 g/mol. The van der Waals surface area contributed by atoms with Crippen molar-refractivity contribution in [2.45, 2.75) is 50.2 Å². The van der Waals surface area contributed by atoms with Crippen molar-refractivity contribution in [3.63, 3.8) is 0 Å². The zero-order valence-electron chi connectivity index (χ0n) is 10.3. The highest BCUT2D eigenvalue weighted by atomic mass is 79.9. The Morgan fingerprint density at radius 1 is 1.00 bits per heavy atom. The lowest BCUT2D eigenvalue weighted by molar-refractivity contribution is 0.286. The Morgan fingerprint density at radius 2 is 1.59 bits per heavy atom. The molecule has 1 aliphatic heterocycles. The summed E-state index contributed by atoms with van der Waals surface area (Å²) in [7, 11) is -3.00. The molecule has 2 rings (SSSR count). The Bertz CT molecular complexity index is 330. The predicted octanol–water partition coefficient (Wildman–Crippen LogP) is 2.76. The molecule has 100 valence electrons. The largest absolute Gasteiger partial charge is 0.216 e. The van der Waals surface area contributed by atoms with Crippen molar-refractivity contribution in [1.82, 2.24) is 4.31 Å². The molecule has 1 saturated heterocycles. The first-order chi connectivity index (χ1) is 8.14. The number of nitrogens with zero attached hydrogens (tertiary/aromatic N) is 1. The van der Waals surface area contributed by atoms with Crippen molar-refractivity contribution in [2.24, 2.45) is 5.92 Å². The minimum Gasteiger partial charge on any atom is -0.212 e. The third-order valence-electron chi connectivity index (χ3n) is 4.13. The van der Waals surface area contributed by atoms with Crippen molar-refractivity contribution in [1.29, 1.82) is 0 Å². The quantitative estimate of drug-likeness (QED) is 0.749. The van der Waals surface area contributed by atoms with Crippen LogP contribution in [-0.2, 0) is 10.0 Å². The van der Waals surface area contributed by atoms with Crippen molar-refractivity contribution in [3.8, 4) is 0 Å². The summed E-state index contributed by atoms with van der Waals surface area (Å²) >= 11 is 3.49. The van der Waals surface area contributed by atoms with E-state index in [4.69, 9.17) is 0 Å². The molecule has 0 aromatic heterocycles. The van der Waals surface area contributed by atoms with Gasteiger partial charge in [0.1, 0.15) is 0 Å². The van der Waals surface area contributed by atoms with Gasteiger partial charge in [-0.05, 0) is 31.6 Å². The van der Waals surface area contributed by atoms with Crippen molar-refractivity contribution in [2.75, 3.05) is 18.4 Å². The smallest absolute Gasteiger partial charge is 0.212 e. The monoisotopic (exact) mass is 323 g/mol. The molecule has 0 amide bonds. The molecular formula is C12H22BrNO2S. The number of rotatable bonds is 3. The van der Waals surface area contributed by atoms with Crippen LogP contribution >= 0.6 is 15.9 Å². The normalized spacial score (nSPS) is 26.2. The molecule has 3 nitrogen and oxygen atoms in total. The number of hydrogen-bond acceptors (Lipinski definition) is 2. The van der Waals surface area contributed by atoms with Crippen LogP contribution in [-0.4, -0.2) is 36.4 Å².